The third kappa shape index (κ3) is 2.10. The lowest BCUT2D eigenvalue weighted by Crippen LogP contribution is -2.11. The molecule has 15 heavy (non-hydrogen) atoms. The number of hydrogen-bond donors (Lipinski definition) is 2. The van der Waals surface area contributed by atoms with Gasteiger partial charge in [0.2, 0.25) is 0 Å². The molecule has 76 valence electrons. The summed E-state index contributed by atoms with van der Waals surface area (Å²) in [6.07, 6.45) is 0.784. The molecule has 0 atom stereocenters. The van der Waals surface area contributed by atoms with E-state index in [2.05, 4.69) is 15.5 Å². The average molecular weight is 221 g/mol. The van der Waals surface area contributed by atoms with Gasteiger partial charge in [0.15, 0.2) is 5.13 Å². The van der Waals surface area contributed by atoms with Crippen LogP contribution in [0, 0.1) is 0 Å². The summed E-state index contributed by atoms with van der Waals surface area (Å²) in [6.45, 7) is 0. The highest BCUT2D eigenvalue weighted by molar-refractivity contribution is 7.22. The van der Waals surface area contributed by atoms with Crippen molar-refractivity contribution in [3.8, 4) is 0 Å². The van der Waals surface area contributed by atoms with Gasteiger partial charge in [0, 0.05) is 0 Å². The van der Waals surface area contributed by atoms with E-state index in [1.165, 1.54) is 11.3 Å². The summed E-state index contributed by atoms with van der Waals surface area (Å²) in [7, 11) is 0. The second kappa shape index (κ2) is 4.05. The van der Waals surface area contributed by atoms with Crippen LogP contribution in [-0.4, -0.2) is 22.3 Å². The van der Waals surface area contributed by atoms with Crippen molar-refractivity contribution in [2.45, 2.75) is 0 Å². The third-order valence-corrected chi connectivity index (χ3v) is 2.65. The van der Waals surface area contributed by atoms with E-state index in [1.54, 1.807) is 0 Å². The molecule has 2 aromatic rings. The van der Waals surface area contributed by atoms with E-state index >= 15 is 0 Å². The zero-order chi connectivity index (χ0) is 10.7. The summed E-state index contributed by atoms with van der Waals surface area (Å²) in [5.74, 6) is -0.503. The number of amides is 1. The molecule has 6 heteroatoms. The zero-order valence-corrected chi connectivity index (χ0v) is 8.36. The van der Waals surface area contributed by atoms with Crippen molar-refractivity contribution in [1.82, 2.24) is 4.98 Å². The first kappa shape index (κ1) is 9.60. The van der Waals surface area contributed by atoms with Gasteiger partial charge in [0.05, 0.1) is 10.2 Å². The molecule has 0 aliphatic heterocycles. The maximum atomic E-state index is 11.0. The number of rotatable bonds is 2. The minimum atomic E-state index is -0.503. The van der Waals surface area contributed by atoms with Crippen LogP contribution in [0.15, 0.2) is 29.4 Å². The fourth-order valence-corrected chi connectivity index (χ4v) is 1.98. The molecule has 1 amide bonds. The molecule has 5 nitrogen and oxygen atoms in total. The number of anilines is 1. The van der Waals surface area contributed by atoms with Gasteiger partial charge in [-0.1, -0.05) is 28.6 Å². The van der Waals surface area contributed by atoms with Crippen LogP contribution in [0.4, 0.5) is 5.13 Å². The van der Waals surface area contributed by atoms with Crippen LogP contribution in [0.5, 0.6) is 0 Å². The Labute approximate surface area is 89.1 Å². The van der Waals surface area contributed by atoms with E-state index in [4.69, 9.17) is 5.21 Å². The smallest absolute Gasteiger partial charge is 0.271 e. The monoisotopic (exact) mass is 221 g/mol. The predicted octanol–water partition coefficient (Wildman–Crippen LogP) is 1.69. The van der Waals surface area contributed by atoms with Gasteiger partial charge in [0.1, 0.15) is 6.21 Å². The number of oxime groups is 1. The molecule has 2 N–H and O–H groups in total. The number of carbonyl (C=O) groups excluding carboxylic acids is 1. The second-order valence-corrected chi connectivity index (χ2v) is 3.75. The van der Waals surface area contributed by atoms with Crippen LogP contribution >= 0.6 is 11.3 Å². The van der Waals surface area contributed by atoms with Crippen LogP contribution in [0.2, 0.25) is 0 Å². The van der Waals surface area contributed by atoms with Crippen LogP contribution in [-0.2, 0) is 4.79 Å². The van der Waals surface area contributed by atoms with Gasteiger partial charge in [-0.2, -0.15) is 0 Å². The van der Waals surface area contributed by atoms with Crippen molar-refractivity contribution in [3.05, 3.63) is 24.3 Å². The van der Waals surface area contributed by atoms with Crippen molar-refractivity contribution < 1.29 is 10.0 Å². The highest BCUT2D eigenvalue weighted by Crippen LogP contribution is 2.24. The Kier molecular flexibility index (Phi) is 2.59. The Morgan fingerprint density at radius 3 is 3.07 bits per heavy atom. The average Bonchev–Trinajstić information content (AvgIpc) is 2.59. The number of nitrogens with one attached hydrogen (secondary N) is 1. The molecule has 0 saturated heterocycles. The molecule has 0 bridgehead atoms. The largest absolute Gasteiger partial charge is 0.411 e. The fourth-order valence-electron chi connectivity index (χ4n) is 1.12. The Bertz CT molecular complexity index is 488. The Hall–Kier alpha value is -1.95. The standard InChI is InChI=1S/C9H7N3O2S/c13-8(5-10-14)12-9-11-6-3-1-2-4-7(6)15-9/h1-5,14H,(H,11,12,13). The molecule has 0 unspecified atom stereocenters. The van der Waals surface area contributed by atoms with E-state index in [-0.39, 0.29) is 0 Å². The Morgan fingerprint density at radius 2 is 2.33 bits per heavy atom. The molecule has 0 radical (unpaired) electrons. The SMILES string of the molecule is O=C(C=NO)Nc1nc2ccccc2s1. The summed E-state index contributed by atoms with van der Waals surface area (Å²) in [5, 5.41) is 13.8. The number of para-hydroxylation sites is 1. The lowest BCUT2D eigenvalue weighted by atomic mass is 10.3. The van der Waals surface area contributed by atoms with Gasteiger partial charge in [-0.3, -0.25) is 10.1 Å². The highest BCUT2D eigenvalue weighted by atomic mass is 32.1. The number of fused-ring (bicyclic) bond motifs is 1. The maximum Gasteiger partial charge on any atom is 0.271 e. The topological polar surface area (TPSA) is 74.6 Å². The number of nitrogens with zero attached hydrogens (tertiary/aromatic N) is 2. The fraction of sp³-hybridized carbons (Fsp3) is 0. The Balaban J connectivity index is 2.26. The molecular formula is C9H7N3O2S. The molecule has 0 aliphatic carbocycles. The first-order chi connectivity index (χ1) is 7.29. The summed E-state index contributed by atoms with van der Waals surface area (Å²) in [5.41, 5.74) is 0.832. The van der Waals surface area contributed by atoms with Crippen LogP contribution in [0.3, 0.4) is 0 Å². The number of benzene rings is 1. The lowest BCUT2D eigenvalue weighted by Gasteiger charge is -1.92. The number of carbonyl (C=O) groups is 1. The van der Waals surface area contributed by atoms with E-state index in [9.17, 15) is 4.79 Å². The number of hydrogen-bond acceptors (Lipinski definition) is 5. The van der Waals surface area contributed by atoms with Crippen molar-refractivity contribution in [1.29, 1.82) is 0 Å². The van der Waals surface area contributed by atoms with Gasteiger partial charge < -0.3 is 5.21 Å². The minimum Gasteiger partial charge on any atom is -0.411 e. The minimum absolute atomic E-state index is 0.487. The van der Waals surface area contributed by atoms with Crippen molar-refractivity contribution >= 4 is 38.8 Å². The molecule has 1 aromatic heterocycles. The maximum absolute atomic E-state index is 11.0. The van der Waals surface area contributed by atoms with E-state index in [1.807, 2.05) is 24.3 Å². The quantitative estimate of drug-likeness (QED) is 0.460. The Morgan fingerprint density at radius 1 is 1.53 bits per heavy atom. The van der Waals surface area contributed by atoms with Gasteiger partial charge in [0.25, 0.3) is 5.91 Å². The predicted molar refractivity (Wildman–Crippen MR) is 58.5 cm³/mol. The molecule has 1 heterocycles. The first-order valence-electron chi connectivity index (χ1n) is 4.13. The molecule has 0 fully saturated rings. The van der Waals surface area contributed by atoms with Crippen LogP contribution in [0.1, 0.15) is 0 Å². The molecular weight excluding hydrogens is 214 g/mol. The summed E-state index contributed by atoms with van der Waals surface area (Å²) in [4.78, 5) is 15.2. The summed E-state index contributed by atoms with van der Waals surface area (Å²) < 4.78 is 0.994. The summed E-state index contributed by atoms with van der Waals surface area (Å²) >= 11 is 1.37. The van der Waals surface area contributed by atoms with Gasteiger partial charge in [-0.05, 0) is 12.1 Å². The normalized spacial score (nSPS) is 10.9. The van der Waals surface area contributed by atoms with E-state index in [0.717, 1.165) is 16.4 Å². The number of thiazole rings is 1. The second-order valence-electron chi connectivity index (χ2n) is 2.72. The molecule has 2 rings (SSSR count). The first-order valence-corrected chi connectivity index (χ1v) is 4.95. The molecule has 1 aromatic carbocycles. The molecule has 0 saturated carbocycles. The lowest BCUT2D eigenvalue weighted by molar-refractivity contribution is -0.110. The highest BCUT2D eigenvalue weighted by Gasteiger charge is 2.05. The van der Waals surface area contributed by atoms with Crippen LogP contribution < -0.4 is 5.32 Å². The number of aromatic nitrogens is 1. The van der Waals surface area contributed by atoms with Crippen molar-refractivity contribution in [2.75, 3.05) is 5.32 Å². The van der Waals surface area contributed by atoms with Crippen molar-refractivity contribution in [3.63, 3.8) is 0 Å². The summed E-state index contributed by atoms with van der Waals surface area (Å²) in [6, 6.07) is 7.56. The van der Waals surface area contributed by atoms with E-state index in [0.29, 0.717) is 5.13 Å². The molecule has 0 aliphatic rings. The third-order valence-electron chi connectivity index (χ3n) is 1.70. The van der Waals surface area contributed by atoms with Crippen molar-refractivity contribution in [2.24, 2.45) is 5.16 Å². The van der Waals surface area contributed by atoms with Crippen LogP contribution in [0.25, 0.3) is 10.2 Å². The van der Waals surface area contributed by atoms with E-state index < -0.39 is 5.91 Å². The van der Waals surface area contributed by atoms with Gasteiger partial charge >= 0.3 is 0 Å². The zero-order valence-electron chi connectivity index (χ0n) is 7.54. The van der Waals surface area contributed by atoms with Gasteiger partial charge in [-0.25, -0.2) is 4.98 Å². The molecule has 0 spiro atoms. The van der Waals surface area contributed by atoms with Gasteiger partial charge in [-0.15, -0.1) is 0 Å².